The molecule has 2 rings (SSSR count). The molecule has 0 fully saturated rings. The van der Waals surface area contributed by atoms with E-state index < -0.39 is 0 Å². The van der Waals surface area contributed by atoms with Crippen LogP contribution in [0, 0.1) is 0 Å². The molecule has 2 aromatic rings. The fraction of sp³-hybridized carbons (Fsp3) is 0.278. The molecule has 110 valence electrons. The second-order valence-electron chi connectivity index (χ2n) is 5.50. The number of rotatable bonds is 5. The molecule has 0 aliphatic rings. The summed E-state index contributed by atoms with van der Waals surface area (Å²) in [7, 11) is 0. The van der Waals surface area contributed by atoms with E-state index in [1.165, 1.54) is 5.56 Å². The second kappa shape index (κ2) is 7.04. The zero-order valence-corrected chi connectivity index (χ0v) is 12.5. The smallest absolute Gasteiger partial charge is 0.251 e. The predicted octanol–water partition coefficient (Wildman–Crippen LogP) is 3.24. The lowest BCUT2D eigenvalue weighted by Crippen LogP contribution is -2.31. The van der Waals surface area contributed by atoms with Crippen LogP contribution in [0.15, 0.2) is 54.6 Å². The molecule has 0 spiro atoms. The Balaban J connectivity index is 1.92. The van der Waals surface area contributed by atoms with Gasteiger partial charge in [-0.05, 0) is 29.2 Å². The van der Waals surface area contributed by atoms with Gasteiger partial charge in [-0.15, -0.1) is 0 Å². The number of carbonyl (C=O) groups is 1. The van der Waals surface area contributed by atoms with E-state index in [4.69, 9.17) is 5.73 Å². The Bertz CT molecular complexity index is 576. The zero-order valence-electron chi connectivity index (χ0n) is 12.5. The van der Waals surface area contributed by atoms with E-state index in [0.29, 0.717) is 18.0 Å². The highest BCUT2D eigenvalue weighted by molar-refractivity contribution is 5.94. The minimum Gasteiger partial charge on any atom is -0.350 e. The van der Waals surface area contributed by atoms with Gasteiger partial charge in [-0.3, -0.25) is 4.79 Å². The van der Waals surface area contributed by atoms with Gasteiger partial charge in [0.2, 0.25) is 0 Å². The number of nitrogens with two attached hydrogens (primary N) is 1. The van der Waals surface area contributed by atoms with Crippen LogP contribution < -0.4 is 11.1 Å². The molecule has 3 heteroatoms. The molecule has 0 saturated heterocycles. The fourth-order valence-corrected chi connectivity index (χ4v) is 2.14. The average Bonchev–Trinajstić information content (AvgIpc) is 2.53. The summed E-state index contributed by atoms with van der Waals surface area (Å²) in [5, 5.41) is 2.88. The number of hydrogen-bond donors (Lipinski definition) is 2. The van der Waals surface area contributed by atoms with Gasteiger partial charge in [0.1, 0.15) is 0 Å². The summed E-state index contributed by atoms with van der Waals surface area (Å²) in [6.45, 7) is 4.69. The Hall–Kier alpha value is -2.13. The minimum absolute atomic E-state index is 0.0864. The Morgan fingerprint density at radius 2 is 1.62 bits per heavy atom. The van der Waals surface area contributed by atoms with Gasteiger partial charge in [0, 0.05) is 18.2 Å². The molecule has 1 unspecified atom stereocenters. The molecule has 3 nitrogen and oxygen atoms in total. The molecular weight excluding hydrogens is 260 g/mol. The largest absolute Gasteiger partial charge is 0.350 e. The molecule has 3 N–H and O–H groups in total. The van der Waals surface area contributed by atoms with Crippen molar-refractivity contribution in [2.45, 2.75) is 25.8 Å². The van der Waals surface area contributed by atoms with Crippen LogP contribution in [0.1, 0.15) is 47.3 Å². The lowest BCUT2D eigenvalue weighted by Gasteiger charge is -2.13. The van der Waals surface area contributed by atoms with Crippen molar-refractivity contribution in [3.05, 3.63) is 71.3 Å². The molecule has 0 aliphatic carbocycles. The summed E-state index contributed by atoms with van der Waals surface area (Å²) in [5.74, 6) is 0.380. The molecule has 0 heterocycles. The SMILES string of the molecule is CC(C)c1ccc(C(=O)NCC(N)c2ccccc2)cc1. The highest BCUT2D eigenvalue weighted by Crippen LogP contribution is 2.15. The molecular formula is C18H22N2O. The standard InChI is InChI=1S/C18H22N2O/c1-13(2)14-8-10-16(11-9-14)18(21)20-12-17(19)15-6-4-3-5-7-15/h3-11,13,17H,12,19H2,1-2H3,(H,20,21). The first-order chi connectivity index (χ1) is 10.1. The third-order valence-corrected chi connectivity index (χ3v) is 3.55. The van der Waals surface area contributed by atoms with Gasteiger partial charge in [0.25, 0.3) is 5.91 Å². The van der Waals surface area contributed by atoms with Crippen LogP contribution in [-0.2, 0) is 0 Å². The molecule has 2 aromatic carbocycles. The number of nitrogens with one attached hydrogen (secondary N) is 1. The second-order valence-corrected chi connectivity index (χ2v) is 5.50. The van der Waals surface area contributed by atoms with Gasteiger partial charge < -0.3 is 11.1 Å². The Kier molecular flexibility index (Phi) is 5.12. The number of carbonyl (C=O) groups excluding carboxylic acids is 1. The van der Waals surface area contributed by atoms with E-state index in [0.717, 1.165) is 5.56 Å². The quantitative estimate of drug-likeness (QED) is 0.884. The molecule has 0 saturated carbocycles. The van der Waals surface area contributed by atoms with E-state index >= 15 is 0 Å². The maximum atomic E-state index is 12.1. The Labute approximate surface area is 126 Å². The molecule has 0 aliphatic heterocycles. The van der Waals surface area contributed by atoms with E-state index in [-0.39, 0.29) is 11.9 Å². The maximum absolute atomic E-state index is 12.1. The normalized spacial score (nSPS) is 12.2. The average molecular weight is 282 g/mol. The van der Waals surface area contributed by atoms with Crippen LogP contribution in [0.3, 0.4) is 0 Å². The lowest BCUT2D eigenvalue weighted by atomic mass is 10.0. The van der Waals surface area contributed by atoms with Gasteiger partial charge in [0.05, 0.1) is 0 Å². The van der Waals surface area contributed by atoms with Crippen molar-refractivity contribution >= 4 is 5.91 Å². The fourth-order valence-electron chi connectivity index (χ4n) is 2.14. The van der Waals surface area contributed by atoms with Crippen molar-refractivity contribution in [3.63, 3.8) is 0 Å². The third-order valence-electron chi connectivity index (χ3n) is 3.55. The van der Waals surface area contributed by atoms with Crippen LogP contribution in [0.5, 0.6) is 0 Å². The van der Waals surface area contributed by atoms with Gasteiger partial charge in [0.15, 0.2) is 0 Å². The first-order valence-corrected chi connectivity index (χ1v) is 7.26. The van der Waals surface area contributed by atoms with Crippen molar-refractivity contribution in [2.75, 3.05) is 6.54 Å². The summed E-state index contributed by atoms with van der Waals surface area (Å²) >= 11 is 0. The first-order valence-electron chi connectivity index (χ1n) is 7.26. The highest BCUT2D eigenvalue weighted by Gasteiger charge is 2.10. The number of benzene rings is 2. The number of hydrogen-bond acceptors (Lipinski definition) is 2. The summed E-state index contributed by atoms with van der Waals surface area (Å²) in [6.07, 6.45) is 0. The zero-order chi connectivity index (χ0) is 15.2. The van der Waals surface area contributed by atoms with Crippen molar-refractivity contribution in [1.82, 2.24) is 5.32 Å². The van der Waals surface area contributed by atoms with Crippen LogP contribution in [-0.4, -0.2) is 12.5 Å². The van der Waals surface area contributed by atoms with Crippen LogP contribution in [0.25, 0.3) is 0 Å². The van der Waals surface area contributed by atoms with Crippen molar-refractivity contribution in [2.24, 2.45) is 5.73 Å². The molecule has 1 amide bonds. The Morgan fingerprint density at radius 1 is 1.00 bits per heavy atom. The van der Waals surface area contributed by atoms with Gasteiger partial charge in [-0.2, -0.15) is 0 Å². The van der Waals surface area contributed by atoms with Crippen LogP contribution in [0.2, 0.25) is 0 Å². The van der Waals surface area contributed by atoms with Gasteiger partial charge in [-0.1, -0.05) is 56.3 Å². The van der Waals surface area contributed by atoms with Crippen LogP contribution >= 0.6 is 0 Å². The maximum Gasteiger partial charge on any atom is 0.251 e. The summed E-state index contributed by atoms with van der Waals surface area (Å²) < 4.78 is 0. The van der Waals surface area contributed by atoms with E-state index in [2.05, 4.69) is 19.2 Å². The van der Waals surface area contributed by atoms with E-state index in [1.54, 1.807) is 0 Å². The number of amides is 1. The first kappa shape index (κ1) is 15.3. The highest BCUT2D eigenvalue weighted by atomic mass is 16.1. The molecule has 0 aromatic heterocycles. The molecule has 1 atom stereocenters. The molecule has 0 radical (unpaired) electrons. The predicted molar refractivity (Wildman–Crippen MR) is 86.2 cm³/mol. The molecule has 21 heavy (non-hydrogen) atoms. The van der Waals surface area contributed by atoms with Crippen LogP contribution in [0.4, 0.5) is 0 Å². The monoisotopic (exact) mass is 282 g/mol. The topological polar surface area (TPSA) is 55.1 Å². The van der Waals surface area contributed by atoms with Gasteiger partial charge in [-0.25, -0.2) is 0 Å². The van der Waals surface area contributed by atoms with Crippen molar-refractivity contribution in [1.29, 1.82) is 0 Å². The summed E-state index contributed by atoms with van der Waals surface area (Å²) in [6, 6.07) is 17.3. The van der Waals surface area contributed by atoms with Gasteiger partial charge >= 0.3 is 0 Å². The molecule has 0 bridgehead atoms. The third kappa shape index (κ3) is 4.17. The minimum atomic E-state index is -0.190. The van der Waals surface area contributed by atoms with E-state index in [1.807, 2.05) is 54.6 Å². The van der Waals surface area contributed by atoms with Crippen molar-refractivity contribution in [3.8, 4) is 0 Å². The van der Waals surface area contributed by atoms with E-state index in [9.17, 15) is 4.79 Å². The van der Waals surface area contributed by atoms with Crippen molar-refractivity contribution < 1.29 is 4.79 Å². The lowest BCUT2D eigenvalue weighted by molar-refractivity contribution is 0.0951. The summed E-state index contributed by atoms with van der Waals surface area (Å²) in [4.78, 5) is 12.1. The summed E-state index contributed by atoms with van der Waals surface area (Å²) in [5.41, 5.74) is 8.99. The Morgan fingerprint density at radius 3 is 2.19 bits per heavy atom.